The average molecular weight is 470 g/mol. The van der Waals surface area contributed by atoms with Gasteiger partial charge in [-0.1, -0.05) is 37.5 Å². The van der Waals surface area contributed by atoms with Crippen molar-refractivity contribution in [1.29, 1.82) is 0 Å². The molecule has 0 saturated carbocycles. The van der Waals surface area contributed by atoms with E-state index in [0.29, 0.717) is 24.8 Å². The molecule has 186 valence electrons. The third-order valence-corrected chi connectivity index (χ3v) is 6.12. The Balaban J connectivity index is 1.31. The highest BCUT2D eigenvalue weighted by Crippen LogP contribution is 2.32. The third kappa shape index (κ3) is 7.85. The van der Waals surface area contributed by atoms with Gasteiger partial charge in [-0.3, -0.25) is 4.79 Å². The summed E-state index contributed by atoms with van der Waals surface area (Å²) in [5.74, 6) is 0.860. The van der Waals surface area contributed by atoms with Gasteiger partial charge in [0, 0.05) is 37.4 Å². The zero-order chi connectivity index (χ0) is 24.6. The van der Waals surface area contributed by atoms with E-state index in [1.54, 1.807) is 0 Å². The minimum atomic E-state index is -0.468. The molecule has 34 heavy (non-hydrogen) atoms. The molecule has 1 aliphatic rings. The highest BCUT2D eigenvalue weighted by atomic mass is 16.6. The van der Waals surface area contributed by atoms with Crippen molar-refractivity contribution in [3.05, 3.63) is 30.0 Å². The highest BCUT2D eigenvalue weighted by molar-refractivity contribution is 5.82. The number of nitrogen functional groups attached to an aromatic ring is 1. The molecule has 2 amide bonds. The van der Waals surface area contributed by atoms with Gasteiger partial charge >= 0.3 is 6.09 Å². The van der Waals surface area contributed by atoms with E-state index in [2.05, 4.69) is 21.4 Å². The van der Waals surface area contributed by atoms with Gasteiger partial charge in [0.2, 0.25) is 11.9 Å². The lowest BCUT2D eigenvalue weighted by atomic mass is 9.90. The number of nitrogens with two attached hydrogens (primary N) is 1. The number of likely N-dealkylation sites (tertiary alicyclic amines) is 1. The number of amides is 2. The Hall–Kier alpha value is -2.90. The zero-order valence-electron chi connectivity index (χ0n) is 20.8. The minimum Gasteiger partial charge on any atom is -0.444 e. The first-order chi connectivity index (χ1) is 16.2. The Kier molecular flexibility index (Phi) is 9.07. The maximum Gasteiger partial charge on any atom is 0.407 e. The Morgan fingerprint density at radius 2 is 1.74 bits per heavy atom. The van der Waals surface area contributed by atoms with Crippen LogP contribution in [-0.2, 0) is 9.53 Å². The smallest absolute Gasteiger partial charge is 0.407 e. The summed E-state index contributed by atoms with van der Waals surface area (Å²) in [5, 5.41) is 3.84. The van der Waals surface area contributed by atoms with Gasteiger partial charge in [-0.2, -0.15) is 0 Å². The number of para-hydroxylation sites is 1. The molecule has 8 nitrogen and oxygen atoms in total. The molecule has 0 unspecified atom stereocenters. The number of unbranched alkanes of at least 4 members (excludes halogenated alkanes) is 4. The number of ether oxygens (including phenoxy) is 1. The Morgan fingerprint density at radius 1 is 1.06 bits per heavy atom. The van der Waals surface area contributed by atoms with Crippen LogP contribution < -0.4 is 11.1 Å². The molecule has 3 rings (SSSR count). The molecule has 2 aromatic rings. The van der Waals surface area contributed by atoms with Crippen molar-refractivity contribution in [3.8, 4) is 0 Å². The molecule has 1 aromatic carbocycles. The topological polar surface area (TPSA) is 110 Å². The summed E-state index contributed by atoms with van der Waals surface area (Å²) in [6, 6.07) is 7.98. The predicted octanol–water partition coefficient (Wildman–Crippen LogP) is 4.78. The summed E-state index contributed by atoms with van der Waals surface area (Å²) in [6.45, 7) is 7.71. The molecule has 0 atom stereocenters. The van der Waals surface area contributed by atoms with Crippen molar-refractivity contribution >= 4 is 28.9 Å². The molecule has 1 saturated heterocycles. The summed E-state index contributed by atoms with van der Waals surface area (Å²) in [5.41, 5.74) is 7.36. The Morgan fingerprint density at radius 3 is 2.47 bits per heavy atom. The second-order valence-electron chi connectivity index (χ2n) is 10.1. The first-order valence-corrected chi connectivity index (χ1v) is 12.5. The molecule has 1 aliphatic heterocycles. The molecule has 0 aliphatic carbocycles. The monoisotopic (exact) mass is 469 g/mol. The molecule has 0 spiro atoms. The number of alkyl carbamates (subject to hydrolysis) is 1. The number of piperidine rings is 1. The van der Waals surface area contributed by atoms with Crippen LogP contribution in [0.5, 0.6) is 0 Å². The molecule has 8 heteroatoms. The van der Waals surface area contributed by atoms with Gasteiger partial charge in [0.1, 0.15) is 5.60 Å². The van der Waals surface area contributed by atoms with Crippen molar-refractivity contribution in [1.82, 2.24) is 20.2 Å². The summed E-state index contributed by atoms with van der Waals surface area (Å²) in [7, 11) is 0. The van der Waals surface area contributed by atoms with E-state index >= 15 is 0 Å². The third-order valence-electron chi connectivity index (χ3n) is 6.12. The van der Waals surface area contributed by atoms with Crippen LogP contribution in [0, 0.1) is 0 Å². The Bertz CT molecular complexity index is 965. The number of carbonyl (C=O) groups is 2. The van der Waals surface area contributed by atoms with Crippen LogP contribution >= 0.6 is 0 Å². The summed E-state index contributed by atoms with van der Waals surface area (Å²) in [4.78, 5) is 35.1. The molecular weight excluding hydrogens is 430 g/mol. The lowest BCUT2D eigenvalue weighted by molar-refractivity contribution is -0.132. The van der Waals surface area contributed by atoms with E-state index in [1.165, 1.54) is 0 Å². The molecule has 3 N–H and O–H groups in total. The molecule has 0 radical (unpaired) electrons. The van der Waals surface area contributed by atoms with E-state index in [1.807, 2.05) is 43.9 Å². The SMILES string of the molecule is CC(C)(C)OC(=O)NCCCCCCCC(=O)N1CCC(c2nc(N)nc3ccccc23)CC1. The van der Waals surface area contributed by atoms with Crippen LogP contribution in [0.3, 0.4) is 0 Å². The average Bonchev–Trinajstić information content (AvgIpc) is 2.79. The van der Waals surface area contributed by atoms with Crippen LogP contribution in [0.2, 0.25) is 0 Å². The second-order valence-corrected chi connectivity index (χ2v) is 10.1. The van der Waals surface area contributed by atoms with Crippen molar-refractivity contribution in [2.45, 2.75) is 83.7 Å². The second kappa shape index (κ2) is 12.0. The minimum absolute atomic E-state index is 0.247. The number of anilines is 1. The van der Waals surface area contributed by atoms with Gasteiger partial charge in [0.15, 0.2) is 0 Å². The van der Waals surface area contributed by atoms with Crippen molar-refractivity contribution < 1.29 is 14.3 Å². The van der Waals surface area contributed by atoms with Crippen molar-refractivity contribution in [2.24, 2.45) is 0 Å². The Labute approximate surface area is 202 Å². The number of fused-ring (bicyclic) bond motifs is 1. The quantitative estimate of drug-likeness (QED) is 0.511. The number of aromatic nitrogens is 2. The normalized spacial score (nSPS) is 14.9. The van der Waals surface area contributed by atoms with Gasteiger partial charge in [0.25, 0.3) is 0 Å². The molecule has 1 fully saturated rings. The predicted molar refractivity (Wildman–Crippen MR) is 134 cm³/mol. The molecule has 0 bridgehead atoms. The first kappa shape index (κ1) is 25.7. The first-order valence-electron chi connectivity index (χ1n) is 12.5. The largest absolute Gasteiger partial charge is 0.444 e. The van der Waals surface area contributed by atoms with Gasteiger partial charge in [0.05, 0.1) is 11.2 Å². The van der Waals surface area contributed by atoms with Gasteiger partial charge in [-0.25, -0.2) is 14.8 Å². The lowest BCUT2D eigenvalue weighted by Crippen LogP contribution is -2.38. The van der Waals surface area contributed by atoms with E-state index in [9.17, 15) is 9.59 Å². The van der Waals surface area contributed by atoms with E-state index in [0.717, 1.165) is 74.6 Å². The fourth-order valence-electron chi connectivity index (χ4n) is 4.43. The molecular formula is C26H39N5O3. The number of hydrogen-bond acceptors (Lipinski definition) is 6. The van der Waals surface area contributed by atoms with Crippen LogP contribution in [0.25, 0.3) is 10.9 Å². The van der Waals surface area contributed by atoms with Crippen molar-refractivity contribution in [3.63, 3.8) is 0 Å². The maximum atomic E-state index is 12.7. The summed E-state index contributed by atoms with van der Waals surface area (Å²) in [6.07, 6.45) is 6.99. The molecule has 2 heterocycles. The van der Waals surface area contributed by atoms with E-state index in [4.69, 9.17) is 10.5 Å². The van der Waals surface area contributed by atoms with Gasteiger partial charge in [-0.05, 0) is 52.5 Å². The van der Waals surface area contributed by atoms with Gasteiger partial charge in [-0.15, -0.1) is 0 Å². The number of nitrogens with one attached hydrogen (secondary N) is 1. The molecule has 1 aromatic heterocycles. The number of hydrogen-bond donors (Lipinski definition) is 2. The van der Waals surface area contributed by atoms with Crippen LogP contribution in [0.15, 0.2) is 24.3 Å². The van der Waals surface area contributed by atoms with Gasteiger partial charge < -0.3 is 20.7 Å². The summed E-state index contributed by atoms with van der Waals surface area (Å²) >= 11 is 0. The number of rotatable bonds is 9. The zero-order valence-corrected chi connectivity index (χ0v) is 20.8. The van der Waals surface area contributed by atoms with Crippen LogP contribution in [-0.4, -0.2) is 52.1 Å². The lowest BCUT2D eigenvalue weighted by Gasteiger charge is -2.32. The van der Waals surface area contributed by atoms with Crippen molar-refractivity contribution in [2.75, 3.05) is 25.4 Å². The maximum absolute atomic E-state index is 12.7. The fourth-order valence-corrected chi connectivity index (χ4v) is 4.43. The number of carbonyl (C=O) groups excluding carboxylic acids is 2. The van der Waals surface area contributed by atoms with E-state index in [-0.39, 0.29) is 12.0 Å². The van der Waals surface area contributed by atoms with E-state index < -0.39 is 5.60 Å². The van der Waals surface area contributed by atoms with Crippen LogP contribution in [0.1, 0.15) is 83.7 Å². The highest BCUT2D eigenvalue weighted by Gasteiger charge is 2.26. The standard InChI is InChI=1S/C26H39N5O3/c1-26(2,3)34-25(33)28-16-10-6-4-5-7-13-22(32)31-17-14-19(15-18-31)23-20-11-8-9-12-21(20)29-24(27)30-23/h8-9,11-12,19H,4-7,10,13-18H2,1-3H3,(H,28,33)(H2,27,29,30). The van der Waals surface area contributed by atoms with Crippen LogP contribution in [0.4, 0.5) is 10.7 Å². The fraction of sp³-hybridized carbons (Fsp3) is 0.615. The number of benzene rings is 1. The summed E-state index contributed by atoms with van der Waals surface area (Å²) < 4.78 is 5.22. The number of nitrogens with zero attached hydrogens (tertiary/aromatic N) is 3.